The molecule has 122 valence electrons. The van der Waals surface area contributed by atoms with E-state index in [2.05, 4.69) is 34.6 Å². The van der Waals surface area contributed by atoms with Gasteiger partial charge in [-0.3, -0.25) is 4.79 Å². The molecule has 0 saturated heterocycles. The van der Waals surface area contributed by atoms with Crippen molar-refractivity contribution in [2.24, 2.45) is 34.3 Å². The molecule has 2 fully saturated rings. The molecule has 2 aliphatic rings. The number of hydrogen-bond acceptors (Lipinski definition) is 3. The van der Waals surface area contributed by atoms with Crippen molar-refractivity contribution in [3.8, 4) is 0 Å². The molecule has 2 N–H and O–H groups in total. The van der Waals surface area contributed by atoms with Gasteiger partial charge in [0.2, 0.25) is 0 Å². The van der Waals surface area contributed by atoms with Crippen LogP contribution in [0.25, 0.3) is 0 Å². The maximum atomic E-state index is 12.3. The summed E-state index contributed by atoms with van der Waals surface area (Å²) >= 11 is 0. The first-order valence-corrected chi connectivity index (χ1v) is 8.60. The van der Waals surface area contributed by atoms with Crippen LogP contribution in [-0.4, -0.2) is 18.6 Å². The van der Waals surface area contributed by atoms with E-state index in [1.165, 1.54) is 12.8 Å². The molecule has 0 aromatic carbocycles. The molecule has 0 heterocycles. The largest absolute Gasteiger partial charge is 0.462 e. The van der Waals surface area contributed by atoms with Crippen molar-refractivity contribution in [2.75, 3.05) is 6.54 Å². The molecule has 2 rings (SSSR count). The highest BCUT2D eigenvalue weighted by Gasteiger charge is 2.62. The van der Waals surface area contributed by atoms with E-state index in [0.29, 0.717) is 30.2 Å². The van der Waals surface area contributed by atoms with Gasteiger partial charge in [-0.2, -0.15) is 0 Å². The van der Waals surface area contributed by atoms with Gasteiger partial charge in [0.05, 0.1) is 0 Å². The minimum atomic E-state index is -0.0410. The Morgan fingerprint density at radius 2 is 2.00 bits per heavy atom. The minimum absolute atomic E-state index is 0.0410. The predicted molar refractivity (Wildman–Crippen MR) is 85.7 cm³/mol. The number of carbonyl (C=O) groups excluding carboxylic acids is 1. The maximum absolute atomic E-state index is 12.3. The van der Waals surface area contributed by atoms with Crippen molar-refractivity contribution >= 4 is 5.97 Å². The van der Waals surface area contributed by atoms with Crippen molar-refractivity contribution in [1.29, 1.82) is 0 Å². The highest BCUT2D eigenvalue weighted by molar-refractivity contribution is 5.70. The molecule has 21 heavy (non-hydrogen) atoms. The van der Waals surface area contributed by atoms with Gasteiger partial charge in [0.15, 0.2) is 0 Å². The highest BCUT2D eigenvalue weighted by Crippen LogP contribution is 2.66. The van der Waals surface area contributed by atoms with E-state index < -0.39 is 0 Å². The number of nitrogens with two attached hydrogens (primary N) is 1. The summed E-state index contributed by atoms with van der Waals surface area (Å²) in [4.78, 5) is 12.3. The standard InChI is InChI=1S/C18H33NO2/c1-12(2)8-13(11-19)9-16(20)21-15-10-14-6-7-18(15,5)17(14,3)4/h12-15H,6-11,19H2,1-5H3. The Labute approximate surface area is 130 Å². The SMILES string of the molecule is CC(C)CC(CN)CC(=O)OC1CC2CCC1(C)C2(C)C. The quantitative estimate of drug-likeness (QED) is 0.759. The van der Waals surface area contributed by atoms with Crippen LogP contribution >= 0.6 is 0 Å². The lowest BCUT2D eigenvalue weighted by atomic mass is 9.70. The Morgan fingerprint density at radius 1 is 1.33 bits per heavy atom. The highest BCUT2D eigenvalue weighted by atomic mass is 16.5. The molecular formula is C18H33NO2. The predicted octanol–water partition coefficient (Wildman–Crippen LogP) is 3.76. The van der Waals surface area contributed by atoms with Crippen molar-refractivity contribution in [2.45, 2.75) is 72.8 Å². The fourth-order valence-corrected chi connectivity index (χ4v) is 4.68. The molecular weight excluding hydrogens is 262 g/mol. The van der Waals surface area contributed by atoms with Crippen LogP contribution in [0.15, 0.2) is 0 Å². The van der Waals surface area contributed by atoms with E-state index in [9.17, 15) is 4.79 Å². The third-order valence-corrected chi connectivity index (χ3v) is 6.58. The second kappa shape index (κ2) is 5.91. The minimum Gasteiger partial charge on any atom is -0.462 e. The average Bonchev–Trinajstić information content (AvgIpc) is 2.70. The molecule has 0 aliphatic heterocycles. The molecule has 2 aliphatic carbocycles. The zero-order valence-electron chi connectivity index (χ0n) is 14.4. The van der Waals surface area contributed by atoms with Crippen molar-refractivity contribution in [3.63, 3.8) is 0 Å². The Bertz CT molecular complexity index is 391. The van der Waals surface area contributed by atoms with Crippen LogP contribution in [-0.2, 0) is 9.53 Å². The summed E-state index contributed by atoms with van der Waals surface area (Å²) in [5.41, 5.74) is 6.25. The first-order chi connectivity index (χ1) is 9.70. The van der Waals surface area contributed by atoms with Crippen LogP contribution in [0.2, 0.25) is 0 Å². The van der Waals surface area contributed by atoms with E-state index in [-0.39, 0.29) is 23.4 Å². The molecule has 3 nitrogen and oxygen atoms in total. The van der Waals surface area contributed by atoms with Crippen LogP contribution in [0, 0.1) is 28.6 Å². The van der Waals surface area contributed by atoms with Gasteiger partial charge in [0, 0.05) is 11.8 Å². The molecule has 0 radical (unpaired) electrons. The van der Waals surface area contributed by atoms with E-state index in [1.54, 1.807) is 0 Å². The summed E-state index contributed by atoms with van der Waals surface area (Å²) in [6.07, 6.45) is 5.11. The Hall–Kier alpha value is -0.570. The molecule has 4 unspecified atom stereocenters. The van der Waals surface area contributed by atoms with Crippen LogP contribution in [0.4, 0.5) is 0 Å². The number of ether oxygens (including phenoxy) is 1. The Morgan fingerprint density at radius 3 is 2.43 bits per heavy atom. The van der Waals surface area contributed by atoms with Crippen molar-refractivity contribution in [3.05, 3.63) is 0 Å². The lowest BCUT2D eigenvalue weighted by molar-refractivity contribution is -0.158. The summed E-state index contributed by atoms with van der Waals surface area (Å²) in [7, 11) is 0. The van der Waals surface area contributed by atoms with E-state index in [1.807, 2.05) is 0 Å². The first kappa shape index (κ1) is 16.8. The maximum Gasteiger partial charge on any atom is 0.306 e. The van der Waals surface area contributed by atoms with Crippen LogP contribution in [0.3, 0.4) is 0 Å². The van der Waals surface area contributed by atoms with Gasteiger partial charge in [-0.25, -0.2) is 0 Å². The fraction of sp³-hybridized carbons (Fsp3) is 0.944. The van der Waals surface area contributed by atoms with Gasteiger partial charge < -0.3 is 10.5 Å². The molecule has 0 amide bonds. The Balaban J connectivity index is 1.92. The molecule has 2 bridgehead atoms. The van der Waals surface area contributed by atoms with E-state index >= 15 is 0 Å². The lowest BCUT2D eigenvalue weighted by Gasteiger charge is -2.38. The zero-order chi connectivity index (χ0) is 15.8. The van der Waals surface area contributed by atoms with E-state index in [0.717, 1.165) is 12.8 Å². The number of esters is 1. The van der Waals surface area contributed by atoms with Gasteiger partial charge in [0.25, 0.3) is 0 Å². The van der Waals surface area contributed by atoms with Crippen molar-refractivity contribution in [1.82, 2.24) is 0 Å². The summed E-state index contributed by atoms with van der Waals surface area (Å²) in [6, 6.07) is 0. The topological polar surface area (TPSA) is 52.3 Å². The summed E-state index contributed by atoms with van der Waals surface area (Å²) in [5, 5.41) is 0. The zero-order valence-corrected chi connectivity index (χ0v) is 14.4. The lowest BCUT2D eigenvalue weighted by Crippen LogP contribution is -2.38. The van der Waals surface area contributed by atoms with Gasteiger partial charge in [-0.1, -0.05) is 34.6 Å². The first-order valence-electron chi connectivity index (χ1n) is 8.60. The van der Waals surface area contributed by atoms with Crippen molar-refractivity contribution < 1.29 is 9.53 Å². The van der Waals surface area contributed by atoms with Crippen LogP contribution in [0.1, 0.15) is 66.7 Å². The smallest absolute Gasteiger partial charge is 0.306 e. The molecule has 0 aromatic rings. The number of carbonyl (C=O) groups is 1. The summed E-state index contributed by atoms with van der Waals surface area (Å²) in [6.45, 7) is 11.9. The second-order valence-corrected chi connectivity index (χ2v) is 8.52. The number of rotatable bonds is 6. The summed E-state index contributed by atoms with van der Waals surface area (Å²) in [5.74, 6) is 1.50. The van der Waals surface area contributed by atoms with Gasteiger partial charge in [-0.05, 0) is 55.4 Å². The number of fused-ring (bicyclic) bond motifs is 2. The molecule has 4 atom stereocenters. The van der Waals surface area contributed by atoms with Crippen LogP contribution < -0.4 is 5.73 Å². The van der Waals surface area contributed by atoms with Gasteiger partial charge >= 0.3 is 5.97 Å². The molecule has 3 heteroatoms. The Kier molecular flexibility index (Phi) is 4.72. The molecule has 0 spiro atoms. The normalized spacial score (nSPS) is 35.2. The monoisotopic (exact) mass is 295 g/mol. The second-order valence-electron chi connectivity index (χ2n) is 8.52. The summed E-state index contributed by atoms with van der Waals surface area (Å²) < 4.78 is 5.90. The average molecular weight is 295 g/mol. The molecule has 2 saturated carbocycles. The third kappa shape index (κ3) is 2.99. The van der Waals surface area contributed by atoms with Gasteiger partial charge in [-0.15, -0.1) is 0 Å². The van der Waals surface area contributed by atoms with Gasteiger partial charge in [0.1, 0.15) is 6.10 Å². The third-order valence-electron chi connectivity index (χ3n) is 6.58. The van der Waals surface area contributed by atoms with E-state index in [4.69, 9.17) is 10.5 Å². The molecule has 0 aromatic heterocycles. The van der Waals surface area contributed by atoms with Crippen LogP contribution in [0.5, 0.6) is 0 Å². The fourth-order valence-electron chi connectivity index (χ4n) is 4.68. The number of hydrogen-bond donors (Lipinski definition) is 1.